The van der Waals surface area contributed by atoms with Crippen molar-refractivity contribution >= 4 is 46.4 Å². The van der Waals surface area contributed by atoms with E-state index >= 15 is 0 Å². The molecule has 2 aromatic rings. The number of hydrogen-bond donors (Lipinski definition) is 3. The van der Waals surface area contributed by atoms with Gasteiger partial charge in [-0.1, -0.05) is 6.58 Å². The fourth-order valence-electron chi connectivity index (χ4n) is 5.05. The predicted molar refractivity (Wildman–Crippen MR) is 148 cm³/mol. The lowest BCUT2D eigenvalue weighted by molar-refractivity contribution is -0.137. The third-order valence-electron chi connectivity index (χ3n) is 6.89. The summed E-state index contributed by atoms with van der Waals surface area (Å²) in [4.78, 5) is 28.0. The van der Waals surface area contributed by atoms with Gasteiger partial charge in [-0.05, 0) is 32.1 Å². The van der Waals surface area contributed by atoms with Gasteiger partial charge in [-0.2, -0.15) is 13.2 Å². The van der Waals surface area contributed by atoms with Gasteiger partial charge in [0.05, 0.1) is 22.9 Å². The Hall–Kier alpha value is -3.03. The molecule has 0 aliphatic carbocycles. The third kappa shape index (κ3) is 5.66. The van der Waals surface area contributed by atoms with Crippen molar-refractivity contribution in [2.24, 2.45) is 5.73 Å². The number of thioether (sulfide) groups is 1. The zero-order chi connectivity index (χ0) is 28.6. The van der Waals surface area contributed by atoms with E-state index in [2.05, 4.69) is 11.9 Å². The minimum atomic E-state index is -4.74. The number of halogens is 3. The summed E-state index contributed by atoms with van der Waals surface area (Å²) >= 11 is 2.23. The Labute approximate surface area is 232 Å². The van der Waals surface area contributed by atoms with Crippen molar-refractivity contribution < 1.29 is 27.5 Å². The second-order valence-electron chi connectivity index (χ2n) is 9.56. The molecule has 1 saturated heterocycles. The number of carbonyl (C=O) groups is 2. The molecule has 2 aliphatic heterocycles. The smallest absolute Gasteiger partial charge is 0.381 e. The lowest BCUT2D eigenvalue weighted by Gasteiger charge is -2.45. The molecule has 3 atom stereocenters. The van der Waals surface area contributed by atoms with Crippen LogP contribution in [0.15, 0.2) is 35.1 Å². The first-order chi connectivity index (χ1) is 18.4. The average Bonchev–Trinajstić information content (AvgIpc) is 3.27. The van der Waals surface area contributed by atoms with Crippen molar-refractivity contribution in [2.75, 3.05) is 37.8 Å². The van der Waals surface area contributed by atoms with Crippen LogP contribution in [0.1, 0.15) is 35.3 Å². The number of methoxy groups -OCH3 is 1. The maximum atomic E-state index is 14.6. The number of thiophene rings is 1. The number of nitrogens with zero attached hydrogens (tertiary/aromatic N) is 2. The minimum Gasteiger partial charge on any atom is -0.381 e. The second kappa shape index (κ2) is 11.2. The number of fused-ring (bicyclic) bond motifs is 1. The van der Waals surface area contributed by atoms with Crippen molar-refractivity contribution in [3.63, 3.8) is 0 Å². The Balaban J connectivity index is 1.87. The Kier molecular flexibility index (Phi) is 8.33. The maximum absolute atomic E-state index is 14.6. The lowest BCUT2D eigenvalue weighted by atomic mass is 9.97. The number of nitrogens with one attached hydrogen (secondary N) is 2. The van der Waals surface area contributed by atoms with E-state index in [9.17, 15) is 22.8 Å². The van der Waals surface area contributed by atoms with E-state index in [1.807, 2.05) is 13.8 Å². The quantitative estimate of drug-likeness (QED) is 0.273. The summed E-state index contributed by atoms with van der Waals surface area (Å²) in [6.07, 6.45) is -3.77. The van der Waals surface area contributed by atoms with Crippen molar-refractivity contribution in [3.05, 3.63) is 46.9 Å². The fourth-order valence-corrected chi connectivity index (χ4v) is 7.37. The zero-order valence-corrected chi connectivity index (χ0v) is 23.4. The number of nitrogens with two attached hydrogens (primary N) is 1. The van der Waals surface area contributed by atoms with E-state index in [0.717, 1.165) is 17.4 Å². The van der Waals surface area contributed by atoms with Gasteiger partial charge in [0.15, 0.2) is 0 Å². The summed E-state index contributed by atoms with van der Waals surface area (Å²) < 4.78 is 49.4. The van der Waals surface area contributed by atoms with Crippen LogP contribution in [0.2, 0.25) is 0 Å². The average molecular weight is 582 g/mol. The highest BCUT2D eigenvalue weighted by Gasteiger charge is 2.40. The molecule has 1 unspecified atom stereocenters. The number of primary amides is 1. The van der Waals surface area contributed by atoms with Crippen molar-refractivity contribution in [1.82, 2.24) is 9.80 Å². The van der Waals surface area contributed by atoms with Gasteiger partial charge >= 0.3 is 6.18 Å². The summed E-state index contributed by atoms with van der Waals surface area (Å²) in [5.41, 5.74) is 5.08. The number of alkyl halides is 3. The van der Waals surface area contributed by atoms with Gasteiger partial charge in [-0.25, -0.2) is 0 Å². The normalized spacial score (nSPS) is 21.5. The van der Waals surface area contributed by atoms with Crippen molar-refractivity contribution in [3.8, 4) is 10.4 Å². The first kappa shape index (κ1) is 29.0. The van der Waals surface area contributed by atoms with Crippen molar-refractivity contribution in [1.29, 1.82) is 5.41 Å². The lowest BCUT2D eigenvalue weighted by Crippen LogP contribution is -2.59. The van der Waals surface area contributed by atoms with Crippen LogP contribution in [0.5, 0.6) is 0 Å². The van der Waals surface area contributed by atoms with Crippen LogP contribution in [-0.4, -0.2) is 78.1 Å². The Morgan fingerprint density at radius 2 is 1.92 bits per heavy atom. The molecule has 4 N–H and O–H groups in total. The number of amides is 2. The SMILES string of the molecule is C=CC(=O)N1[C@H](C)CN(C(=N)c2cc(C(F)(F)F)c(-c3cc(C(N)=O)cs3)c3c2NCC(OC)CS3)C[C@@H]1C. The molecule has 4 rings (SSSR count). The standard InChI is InChI=1S/C26H30F3N5O3S2/c1-5-20(35)34-13(2)9-33(10-14(34)3)24(30)17-7-18(26(27,28)29)21(19-6-15(11-38-19)25(31)36)23-22(17)32-8-16(37-4)12-39-23/h5-7,11,13-14,16,30,32H,1,8-10,12H2,2-4H3,(H2,31,36)/t13-,14+,16?. The Morgan fingerprint density at radius 3 is 2.46 bits per heavy atom. The topological polar surface area (TPSA) is 112 Å². The van der Waals surface area contributed by atoms with Gasteiger partial charge in [-0.15, -0.1) is 23.1 Å². The highest BCUT2D eigenvalue weighted by atomic mass is 32.2. The van der Waals surface area contributed by atoms with Gasteiger partial charge in [0.25, 0.3) is 0 Å². The van der Waals surface area contributed by atoms with E-state index in [1.165, 1.54) is 29.3 Å². The van der Waals surface area contributed by atoms with E-state index in [1.54, 1.807) is 16.9 Å². The first-order valence-electron chi connectivity index (χ1n) is 12.2. The number of hydrogen-bond acceptors (Lipinski definition) is 7. The number of amidine groups is 1. The van der Waals surface area contributed by atoms with Gasteiger partial charge in [0.1, 0.15) is 5.84 Å². The maximum Gasteiger partial charge on any atom is 0.417 e. The second-order valence-corrected chi connectivity index (χ2v) is 11.5. The van der Waals surface area contributed by atoms with Gasteiger partial charge < -0.3 is 25.6 Å². The molecule has 1 aromatic heterocycles. The first-order valence-corrected chi connectivity index (χ1v) is 14.1. The van der Waals surface area contributed by atoms with E-state index < -0.39 is 17.6 Å². The van der Waals surface area contributed by atoms with Gasteiger partial charge in [0.2, 0.25) is 11.8 Å². The van der Waals surface area contributed by atoms with Crippen LogP contribution in [-0.2, 0) is 15.7 Å². The number of piperazine rings is 1. The van der Waals surface area contributed by atoms with Crippen LogP contribution in [0.4, 0.5) is 18.9 Å². The van der Waals surface area contributed by atoms with E-state index in [-0.39, 0.29) is 64.6 Å². The monoisotopic (exact) mass is 581 g/mol. The van der Waals surface area contributed by atoms with Crippen LogP contribution in [0.3, 0.4) is 0 Å². The molecule has 0 spiro atoms. The largest absolute Gasteiger partial charge is 0.417 e. The molecule has 0 saturated carbocycles. The minimum absolute atomic E-state index is 0.0519. The summed E-state index contributed by atoms with van der Waals surface area (Å²) in [6.45, 7) is 8.13. The summed E-state index contributed by atoms with van der Waals surface area (Å²) in [5.74, 6) is -0.630. The van der Waals surface area contributed by atoms with Crippen LogP contribution in [0, 0.1) is 5.41 Å². The number of ether oxygens (including phenoxy) is 1. The molecule has 1 fully saturated rings. The fraction of sp³-hybridized carbons (Fsp3) is 0.423. The molecular weight excluding hydrogens is 551 g/mol. The van der Waals surface area contributed by atoms with Crippen LogP contribution in [0.25, 0.3) is 10.4 Å². The molecule has 8 nitrogen and oxygen atoms in total. The highest BCUT2D eigenvalue weighted by molar-refractivity contribution is 7.99. The number of carbonyl (C=O) groups excluding carboxylic acids is 2. The molecule has 3 heterocycles. The van der Waals surface area contributed by atoms with Crippen LogP contribution < -0.4 is 11.1 Å². The molecule has 210 valence electrons. The molecule has 0 bridgehead atoms. The van der Waals surface area contributed by atoms with Gasteiger partial charge in [0, 0.05) is 70.9 Å². The number of rotatable bonds is 5. The molecule has 1 aromatic carbocycles. The third-order valence-corrected chi connectivity index (χ3v) is 9.07. The van der Waals surface area contributed by atoms with Crippen LogP contribution >= 0.6 is 23.1 Å². The Bertz CT molecular complexity index is 1300. The number of benzene rings is 1. The summed E-state index contributed by atoms with van der Waals surface area (Å²) in [6, 6.07) is 1.83. The molecule has 2 aliphatic rings. The summed E-state index contributed by atoms with van der Waals surface area (Å²) in [5, 5.41) is 13.8. The molecule has 0 radical (unpaired) electrons. The molecule has 2 amide bonds. The predicted octanol–water partition coefficient (Wildman–Crippen LogP) is 4.50. The van der Waals surface area contributed by atoms with Gasteiger partial charge in [-0.3, -0.25) is 15.0 Å². The zero-order valence-electron chi connectivity index (χ0n) is 21.7. The van der Waals surface area contributed by atoms with E-state index in [4.69, 9.17) is 15.9 Å². The molecular formula is C26H30F3N5O3S2. The van der Waals surface area contributed by atoms with E-state index in [0.29, 0.717) is 22.9 Å². The van der Waals surface area contributed by atoms with Crippen molar-refractivity contribution in [2.45, 2.75) is 43.1 Å². The highest BCUT2D eigenvalue weighted by Crippen LogP contribution is 2.50. The molecule has 13 heteroatoms. The molecule has 39 heavy (non-hydrogen) atoms. The number of anilines is 1. The summed E-state index contributed by atoms with van der Waals surface area (Å²) in [7, 11) is 1.54. The Morgan fingerprint density at radius 1 is 1.26 bits per heavy atom.